The number of rotatable bonds is 7. The van der Waals surface area contributed by atoms with Gasteiger partial charge in [0.15, 0.2) is 0 Å². The summed E-state index contributed by atoms with van der Waals surface area (Å²) in [5.41, 5.74) is 3.11. The highest BCUT2D eigenvalue weighted by atomic mass is 35.5. The predicted octanol–water partition coefficient (Wildman–Crippen LogP) is 3.78. The summed E-state index contributed by atoms with van der Waals surface area (Å²) in [6.07, 6.45) is 1.86. The van der Waals surface area contributed by atoms with Gasteiger partial charge in [0.2, 0.25) is 15.9 Å². The maximum Gasteiger partial charge on any atom is 0.244 e. The summed E-state index contributed by atoms with van der Waals surface area (Å²) >= 11 is 6.18. The molecule has 2 heterocycles. The zero-order valence-electron chi connectivity index (χ0n) is 17.9. The van der Waals surface area contributed by atoms with Crippen molar-refractivity contribution in [3.8, 4) is 0 Å². The summed E-state index contributed by atoms with van der Waals surface area (Å²) in [6, 6.07) is 4.57. The van der Waals surface area contributed by atoms with E-state index in [9.17, 15) is 13.2 Å². The SMILES string of the molecule is Cc1nn(CC(C)C)c(C)c1CC(=O)Nc1ccc(Cl)c(S(=O)(=O)N2CCCC2)c1. The topological polar surface area (TPSA) is 84.3 Å². The number of hydrogen-bond donors (Lipinski definition) is 1. The van der Waals surface area contributed by atoms with Gasteiger partial charge in [-0.1, -0.05) is 25.4 Å². The lowest BCUT2D eigenvalue weighted by Gasteiger charge is -2.17. The number of sulfonamides is 1. The number of nitrogens with one attached hydrogen (secondary N) is 1. The van der Waals surface area contributed by atoms with Crippen LogP contribution in [0.5, 0.6) is 0 Å². The van der Waals surface area contributed by atoms with E-state index in [1.807, 2.05) is 18.5 Å². The van der Waals surface area contributed by atoms with E-state index in [1.54, 1.807) is 6.07 Å². The first-order chi connectivity index (χ1) is 14.1. The van der Waals surface area contributed by atoms with Crippen LogP contribution in [-0.4, -0.2) is 41.5 Å². The minimum absolute atomic E-state index is 0.0287. The lowest BCUT2D eigenvalue weighted by molar-refractivity contribution is -0.115. The van der Waals surface area contributed by atoms with Crippen molar-refractivity contribution in [1.29, 1.82) is 0 Å². The molecule has 1 aromatic carbocycles. The Kier molecular flexibility index (Phi) is 6.89. The highest BCUT2D eigenvalue weighted by molar-refractivity contribution is 7.89. The molecule has 9 heteroatoms. The van der Waals surface area contributed by atoms with Gasteiger partial charge in [-0.25, -0.2) is 8.42 Å². The van der Waals surface area contributed by atoms with Crippen molar-refractivity contribution >= 4 is 33.2 Å². The van der Waals surface area contributed by atoms with Crippen LogP contribution >= 0.6 is 11.6 Å². The molecule has 0 unspecified atom stereocenters. The molecule has 2 aromatic rings. The molecule has 1 aromatic heterocycles. The molecule has 30 heavy (non-hydrogen) atoms. The number of amides is 1. The van der Waals surface area contributed by atoms with Crippen molar-refractivity contribution in [3.05, 3.63) is 40.2 Å². The first-order valence-corrected chi connectivity index (χ1v) is 12.0. The van der Waals surface area contributed by atoms with Gasteiger partial charge >= 0.3 is 0 Å². The van der Waals surface area contributed by atoms with Crippen LogP contribution in [0.15, 0.2) is 23.1 Å². The molecule has 1 aliphatic rings. The maximum absolute atomic E-state index is 12.9. The summed E-state index contributed by atoms with van der Waals surface area (Å²) in [5, 5.41) is 7.51. The molecule has 0 bridgehead atoms. The third-order valence-corrected chi connectivity index (χ3v) is 7.68. The summed E-state index contributed by atoms with van der Waals surface area (Å²) in [4.78, 5) is 12.7. The van der Waals surface area contributed by atoms with Crippen LogP contribution in [0.2, 0.25) is 5.02 Å². The minimum atomic E-state index is -3.67. The highest BCUT2D eigenvalue weighted by Gasteiger charge is 2.29. The van der Waals surface area contributed by atoms with Crippen LogP contribution in [0, 0.1) is 19.8 Å². The number of aryl methyl sites for hydroxylation is 1. The van der Waals surface area contributed by atoms with Crippen LogP contribution < -0.4 is 5.32 Å². The first-order valence-electron chi connectivity index (χ1n) is 10.2. The summed E-state index contributed by atoms with van der Waals surface area (Å²) in [5.74, 6) is 0.229. The molecule has 1 fully saturated rings. The fourth-order valence-corrected chi connectivity index (χ4v) is 5.74. The van der Waals surface area contributed by atoms with Crippen molar-refractivity contribution in [1.82, 2.24) is 14.1 Å². The monoisotopic (exact) mass is 452 g/mol. The van der Waals surface area contributed by atoms with Crippen LogP contribution in [-0.2, 0) is 27.8 Å². The van der Waals surface area contributed by atoms with Gasteiger partial charge in [0, 0.05) is 36.6 Å². The van der Waals surface area contributed by atoms with E-state index in [2.05, 4.69) is 24.3 Å². The number of carbonyl (C=O) groups is 1. The van der Waals surface area contributed by atoms with Gasteiger partial charge < -0.3 is 5.32 Å². The predicted molar refractivity (Wildman–Crippen MR) is 118 cm³/mol. The smallest absolute Gasteiger partial charge is 0.244 e. The molecule has 0 aliphatic carbocycles. The molecule has 1 amide bonds. The van der Waals surface area contributed by atoms with Crippen LogP contribution in [0.3, 0.4) is 0 Å². The lowest BCUT2D eigenvalue weighted by Crippen LogP contribution is -2.28. The van der Waals surface area contributed by atoms with E-state index in [-0.39, 0.29) is 22.2 Å². The lowest BCUT2D eigenvalue weighted by atomic mass is 10.1. The molecule has 164 valence electrons. The zero-order chi connectivity index (χ0) is 22.1. The highest BCUT2D eigenvalue weighted by Crippen LogP contribution is 2.29. The van der Waals surface area contributed by atoms with Crippen LogP contribution in [0.4, 0.5) is 5.69 Å². The maximum atomic E-state index is 12.9. The molecule has 7 nitrogen and oxygen atoms in total. The van der Waals surface area contributed by atoms with Gasteiger partial charge in [0.1, 0.15) is 4.90 Å². The quantitative estimate of drug-likeness (QED) is 0.692. The van der Waals surface area contributed by atoms with Crippen LogP contribution in [0.25, 0.3) is 0 Å². The molecular weight excluding hydrogens is 424 g/mol. The molecule has 3 rings (SSSR count). The molecule has 0 saturated carbocycles. The number of hydrogen-bond acceptors (Lipinski definition) is 4. The van der Waals surface area contributed by atoms with Gasteiger partial charge in [-0.3, -0.25) is 9.48 Å². The van der Waals surface area contributed by atoms with E-state index < -0.39 is 10.0 Å². The Labute approximate surface area is 183 Å². The standard InChI is InChI=1S/C21H29ClN4O3S/c1-14(2)13-26-16(4)18(15(3)24-26)12-21(27)23-17-7-8-19(22)20(11-17)30(28,29)25-9-5-6-10-25/h7-8,11,14H,5-6,9-10,12-13H2,1-4H3,(H,23,27). The fraction of sp³-hybridized carbons (Fsp3) is 0.524. The van der Waals surface area contributed by atoms with Gasteiger partial charge in [-0.15, -0.1) is 0 Å². The fourth-order valence-electron chi connectivity index (χ4n) is 3.73. The molecular formula is C21H29ClN4O3S. The third-order valence-electron chi connectivity index (χ3n) is 5.30. The van der Waals surface area contributed by atoms with Crippen molar-refractivity contribution in [2.45, 2.75) is 58.4 Å². The third kappa shape index (κ3) is 4.87. The number of nitrogens with zero attached hydrogens (tertiary/aromatic N) is 3. The Morgan fingerprint density at radius 3 is 2.53 bits per heavy atom. The molecule has 0 atom stereocenters. The average molecular weight is 453 g/mol. The van der Waals surface area contributed by atoms with Gasteiger partial charge in [0.25, 0.3) is 0 Å². The minimum Gasteiger partial charge on any atom is -0.326 e. The Bertz CT molecular complexity index is 1040. The van der Waals surface area contributed by atoms with Crippen LogP contribution in [0.1, 0.15) is 43.6 Å². The van der Waals surface area contributed by atoms with Crippen molar-refractivity contribution < 1.29 is 13.2 Å². The Hall–Kier alpha value is -1.90. The van der Waals surface area contributed by atoms with E-state index in [0.717, 1.165) is 36.3 Å². The van der Waals surface area contributed by atoms with E-state index in [1.165, 1.54) is 16.4 Å². The Balaban J connectivity index is 1.77. The second-order valence-corrected chi connectivity index (χ2v) is 10.5. The van der Waals surface area contributed by atoms with Gasteiger partial charge in [-0.05, 0) is 50.8 Å². The van der Waals surface area contributed by atoms with Gasteiger partial charge in [-0.2, -0.15) is 9.40 Å². The Morgan fingerprint density at radius 1 is 1.23 bits per heavy atom. The van der Waals surface area contributed by atoms with Crippen molar-refractivity contribution in [3.63, 3.8) is 0 Å². The molecule has 1 N–H and O–H groups in total. The number of halogens is 1. The molecule has 1 aliphatic heterocycles. The zero-order valence-corrected chi connectivity index (χ0v) is 19.5. The second kappa shape index (κ2) is 9.08. The van der Waals surface area contributed by atoms with E-state index >= 15 is 0 Å². The summed E-state index contributed by atoms with van der Waals surface area (Å²) < 4.78 is 29.1. The summed E-state index contributed by atoms with van der Waals surface area (Å²) in [6.45, 7) is 9.89. The summed E-state index contributed by atoms with van der Waals surface area (Å²) in [7, 11) is -3.67. The number of aromatic nitrogens is 2. The molecule has 0 radical (unpaired) electrons. The van der Waals surface area contributed by atoms with Crippen molar-refractivity contribution in [2.24, 2.45) is 5.92 Å². The number of carbonyl (C=O) groups excluding carboxylic acids is 1. The largest absolute Gasteiger partial charge is 0.326 e. The Morgan fingerprint density at radius 2 is 1.90 bits per heavy atom. The molecule has 1 saturated heterocycles. The molecule has 0 spiro atoms. The van der Waals surface area contributed by atoms with E-state index in [0.29, 0.717) is 24.7 Å². The van der Waals surface area contributed by atoms with Crippen molar-refractivity contribution in [2.75, 3.05) is 18.4 Å². The number of benzene rings is 1. The van der Waals surface area contributed by atoms with E-state index in [4.69, 9.17) is 11.6 Å². The average Bonchev–Trinajstić information content (AvgIpc) is 3.28. The number of anilines is 1. The first kappa shape index (κ1) is 22.8. The second-order valence-electron chi connectivity index (χ2n) is 8.21. The normalized spacial score (nSPS) is 15.1. The van der Waals surface area contributed by atoms with Gasteiger partial charge in [0.05, 0.1) is 17.1 Å².